The fourth-order valence-electron chi connectivity index (χ4n) is 1.94. The zero-order chi connectivity index (χ0) is 15.0. The molecule has 1 amide bonds. The van der Waals surface area contributed by atoms with Crippen LogP contribution >= 0.6 is 0 Å². The highest BCUT2D eigenvalue weighted by atomic mass is 16.4. The van der Waals surface area contributed by atoms with Crippen molar-refractivity contribution >= 4 is 17.6 Å². The van der Waals surface area contributed by atoms with Gasteiger partial charge in [-0.15, -0.1) is 0 Å². The fraction of sp³-hybridized carbons (Fsp3) is 0.467. The van der Waals surface area contributed by atoms with E-state index in [-0.39, 0.29) is 24.6 Å². The minimum absolute atomic E-state index is 0.0458. The van der Waals surface area contributed by atoms with Gasteiger partial charge >= 0.3 is 5.97 Å². The summed E-state index contributed by atoms with van der Waals surface area (Å²) in [5.74, 6) is -1.05. The van der Waals surface area contributed by atoms with Crippen LogP contribution in [-0.2, 0) is 4.79 Å². The second kappa shape index (κ2) is 8.32. The number of aliphatic hydroxyl groups excluding tert-OH is 1. The molecule has 2 N–H and O–H groups in total. The number of nitrogens with zero attached hydrogens (tertiary/aromatic N) is 1. The number of carboxylic acids is 1. The summed E-state index contributed by atoms with van der Waals surface area (Å²) in [4.78, 5) is 24.4. The smallest absolute Gasteiger partial charge is 0.335 e. The Hall–Kier alpha value is -1.88. The average Bonchev–Trinajstić information content (AvgIpc) is 2.45. The predicted molar refractivity (Wildman–Crippen MR) is 77.0 cm³/mol. The van der Waals surface area contributed by atoms with Crippen LogP contribution in [0.2, 0.25) is 0 Å². The van der Waals surface area contributed by atoms with Crippen molar-refractivity contribution in [2.75, 3.05) is 18.1 Å². The monoisotopic (exact) mass is 279 g/mol. The third kappa shape index (κ3) is 4.66. The van der Waals surface area contributed by atoms with E-state index in [9.17, 15) is 9.59 Å². The van der Waals surface area contributed by atoms with Crippen molar-refractivity contribution in [3.8, 4) is 0 Å². The second-order valence-corrected chi connectivity index (χ2v) is 4.58. The third-order valence-electron chi connectivity index (χ3n) is 3.04. The first-order chi connectivity index (χ1) is 9.60. The summed E-state index contributed by atoms with van der Waals surface area (Å²) in [5.41, 5.74) is 0.793. The number of amides is 1. The van der Waals surface area contributed by atoms with Crippen molar-refractivity contribution in [2.45, 2.75) is 32.6 Å². The van der Waals surface area contributed by atoms with E-state index in [0.717, 1.165) is 19.3 Å². The Labute approximate surface area is 118 Å². The topological polar surface area (TPSA) is 77.8 Å². The molecule has 0 saturated carbocycles. The minimum atomic E-state index is -1.00. The molecule has 0 aliphatic heterocycles. The van der Waals surface area contributed by atoms with Crippen LogP contribution in [0, 0.1) is 0 Å². The molecule has 1 aromatic rings. The lowest BCUT2D eigenvalue weighted by Crippen LogP contribution is -2.33. The predicted octanol–water partition coefficient (Wildman–Crippen LogP) is 2.29. The molecule has 0 heterocycles. The zero-order valence-corrected chi connectivity index (χ0v) is 11.7. The number of benzene rings is 1. The average molecular weight is 279 g/mol. The number of carbonyl (C=O) groups excluding carboxylic acids is 1. The molecule has 0 aromatic heterocycles. The molecular formula is C15H21NO4. The van der Waals surface area contributed by atoms with Gasteiger partial charge in [0.15, 0.2) is 0 Å². The van der Waals surface area contributed by atoms with Crippen molar-refractivity contribution in [1.29, 1.82) is 0 Å². The van der Waals surface area contributed by atoms with Gasteiger partial charge in [0.2, 0.25) is 5.91 Å². The molecule has 0 fully saturated rings. The minimum Gasteiger partial charge on any atom is -0.478 e. The molecule has 0 spiro atoms. The Morgan fingerprint density at radius 1 is 1.15 bits per heavy atom. The van der Waals surface area contributed by atoms with E-state index >= 15 is 0 Å². The Morgan fingerprint density at radius 2 is 1.80 bits per heavy atom. The van der Waals surface area contributed by atoms with Gasteiger partial charge in [0.25, 0.3) is 0 Å². The molecule has 0 bridgehead atoms. The maximum absolute atomic E-state index is 12.1. The quantitative estimate of drug-likeness (QED) is 0.716. The van der Waals surface area contributed by atoms with Crippen LogP contribution in [0.3, 0.4) is 0 Å². The van der Waals surface area contributed by atoms with Gasteiger partial charge in [-0.25, -0.2) is 4.79 Å². The first-order valence-corrected chi connectivity index (χ1v) is 6.84. The fourth-order valence-corrected chi connectivity index (χ4v) is 1.94. The molecule has 20 heavy (non-hydrogen) atoms. The summed E-state index contributed by atoms with van der Waals surface area (Å²) in [6, 6.07) is 6.11. The van der Waals surface area contributed by atoms with Gasteiger partial charge in [-0.3, -0.25) is 4.79 Å². The van der Waals surface area contributed by atoms with Crippen LogP contribution in [-0.4, -0.2) is 35.2 Å². The van der Waals surface area contributed by atoms with Crippen LogP contribution in [0.25, 0.3) is 0 Å². The summed E-state index contributed by atoms with van der Waals surface area (Å²) in [5, 5.41) is 17.9. The highest BCUT2D eigenvalue weighted by Crippen LogP contribution is 2.17. The summed E-state index contributed by atoms with van der Waals surface area (Å²) >= 11 is 0. The Bertz CT molecular complexity index is 442. The van der Waals surface area contributed by atoms with Crippen LogP contribution in [0.4, 0.5) is 5.69 Å². The van der Waals surface area contributed by atoms with E-state index in [1.165, 1.54) is 17.0 Å². The van der Waals surface area contributed by atoms with Crippen molar-refractivity contribution in [1.82, 2.24) is 0 Å². The van der Waals surface area contributed by atoms with Crippen molar-refractivity contribution in [3.63, 3.8) is 0 Å². The van der Waals surface area contributed by atoms with Gasteiger partial charge in [-0.05, 0) is 30.7 Å². The number of aromatic carboxylic acids is 1. The molecule has 0 aliphatic rings. The van der Waals surface area contributed by atoms with E-state index in [1.54, 1.807) is 12.1 Å². The molecule has 0 saturated heterocycles. The zero-order valence-electron chi connectivity index (χ0n) is 11.7. The number of carbonyl (C=O) groups is 2. The number of carboxylic acid groups (broad SMARTS) is 1. The van der Waals surface area contributed by atoms with Crippen LogP contribution in [0.5, 0.6) is 0 Å². The normalized spacial score (nSPS) is 10.3. The molecule has 5 heteroatoms. The van der Waals surface area contributed by atoms with Crippen molar-refractivity contribution in [2.24, 2.45) is 0 Å². The summed E-state index contributed by atoms with van der Waals surface area (Å²) < 4.78 is 0. The first-order valence-electron chi connectivity index (χ1n) is 6.84. The molecular weight excluding hydrogens is 258 g/mol. The molecule has 0 unspecified atom stereocenters. The second-order valence-electron chi connectivity index (χ2n) is 4.58. The van der Waals surface area contributed by atoms with E-state index < -0.39 is 5.97 Å². The third-order valence-corrected chi connectivity index (χ3v) is 3.04. The molecule has 0 aliphatic carbocycles. The number of hydrogen-bond acceptors (Lipinski definition) is 3. The highest BCUT2D eigenvalue weighted by Gasteiger charge is 2.15. The van der Waals surface area contributed by atoms with Crippen molar-refractivity contribution in [3.05, 3.63) is 29.8 Å². The first kappa shape index (κ1) is 16.2. The number of rotatable bonds is 8. The molecule has 110 valence electrons. The van der Waals surface area contributed by atoms with Crippen LogP contribution in [0.15, 0.2) is 24.3 Å². The molecule has 1 aromatic carbocycles. The number of unbranched alkanes of at least 4 members (excludes halogenated alkanes) is 2. The Kier molecular flexibility index (Phi) is 6.73. The molecule has 1 rings (SSSR count). The number of anilines is 1. The van der Waals surface area contributed by atoms with Gasteiger partial charge in [0.05, 0.1) is 12.2 Å². The number of aliphatic hydroxyl groups is 1. The van der Waals surface area contributed by atoms with Gasteiger partial charge in [0.1, 0.15) is 0 Å². The maximum atomic E-state index is 12.1. The van der Waals surface area contributed by atoms with E-state index in [0.29, 0.717) is 12.1 Å². The Balaban J connectivity index is 2.78. The van der Waals surface area contributed by atoms with Gasteiger partial charge < -0.3 is 15.1 Å². The SMILES string of the molecule is CCCCCC(=O)N(CCO)c1ccc(C(=O)O)cc1. The summed E-state index contributed by atoms with van der Waals surface area (Å²) in [7, 11) is 0. The number of hydrogen-bond donors (Lipinski definition) is 2. The lowest BCUT2D eigenvalue weighted by molar-refractivity contribution is -0.118. The van der Waals surface area contributed by atoms with E-state index in [2.05, 4.69) is 6.92 Å². The summed E-state index contributed by atoms with van der Waals surface area (Å²) in [6.45, 7) is 2.16. The highest BCUT2D eigenvalue weighted by molar-refractivity contribution is 5.94. The largest absolute Gasteiger partial charge is 0.478 e. The van der Waals surface area contributed by atoms with Gasteiger partial charge in [0, 0.05) is 18.7 Å². The lowest BCUT2D eigenvalue weighted by atomic mass is 10.1. The van der Waals surface area contributed by atoms with Crippen LogP contribution in [0.1, 0.15) is 43.0 Å². The summed E-state index contributed by atoms with van der Waals surface area (Å²) in [6.07, 6.45) is 3.30. The molecule has 5 nitrogen and oxygen atoms in total. The maximum Gasteiger partial charge on any atom is 0.335 e. The van der Waals surface area contributed by atoms with Crippen molar-refractivity contribution < 1.29 is 19.8 Å². The standard InChI is InChI=1S/C15H21NO4/c1-2-3-4-5-14(18)16(10-11-17)13-8-6-12(7-9-13)15(19)20/h6-9,17H,2-5,10-11H2,1H3,(H,19,20). The molecule has 0 atom stereocenters. The van der Waals surface area contributed by atoms with Gasteiger partial charge in [-0.2, -0.15) is 0 Å². The lowest BCUT2D eigenvalue weighted by Gasteiger charge is -2.22. The Morgan fingerprint density at radius 3 is 2.30 bits per heavy atom. The molecule has 0 radical (unpaired) electrons. The van der Waals surface area contributed by atoms with E-state index in [1.807, 2.05) is 0 Å². The van der Waals surface area contributed by atoms with E-state index in [4.69, 9.17) is 10.2 Å². The van der Waals surface area contributed by atoms with Gasteiger partial charge in [-0.1, -0.05) is 19.8 Å². The van der Waals surface area contributed by atoms with Crippen LogP contribution < -0.4 is 4.90 Å².